The lowest BCUT2D eigenvalue weighted by atomic mass is 9.64. The van der Waals surface area contributed by atoms with Gasteiger partial charge in [-0.1, -0.05) is 12.1 Å². The van der Waals surface area contributed by atoms with Crippen LogP contribution in [0.2, 0.25) is 0 Å². The molecule has 1 aromatic rings. The number of nitrogens with zero attached hydrogens (tertiary/aromatic N) is 1. The lowest BCUT2D eigenvalue weighted by Crippen LogP contribution is -2.34. The van der Waals surface area contributed by atoms with Crippen molar-refractivity contribution in [2.24, 2.45) is 0 Å². The predicted molar refractivity (Wildman–Crippen MR) is 52.3 cm³/mol. The van der Waals surface area contributed by atoms with E-state index in [9.17, 15) is 4.39 Å². The van der Waals surface area contributed by atoms with Crippen LogP contribution < -0.4 is 0 Å². The van der Waals surface area contributed by atoms with Gasteiger partial charge in [0.15, 0.2) is 0 Å². The maximum absolute atomic E-state index is 13.6. The molecule has 0 N–H and O–H groups in total. The number of hydrogen-bond donors (Lipinski definition) is 0. The molecule has 1 aromatic carbocycles. The summed E-state index contributed by atoms with van der Waals surface area (Å²) in [5.74, 6) is -0.230. The van der Waals surface area contributed by atoms with Crippen LogP contribution in [0.5, 0.6) is 0 Å². The summed E-state index contributed by atoms with van der Waals surface area (Å²) in [6.45, 7) is 1.87. The van der Waals surface area contributed by atoms with Crippen molar-refractivity contribution < 1.29 is 4.39 Å². The Bertz CT molecular complexity index is 379. The Labute approximate surface area is 83.2 Å². The molecule has 2 heteroatoms. The molecule has 72 valence electrons. The SMILES string of the molecule is Cc1cccc(F)c1C1(C#N)CCC1. The van der Waals surface area contributed by atoms with Crippen LogP contribution in [0.4, 0.5) is 4.39 Å². The topological polar surface area (TPSA) is 23.8 Å². The highest BCUT2D eigenvalue weighted by atomic mass is 19.1. The molecule has 0 heterocycles. The van der Waals surface area contributed by atoms with Crippen LogP contribution in [0.3, 0.4) is 0 Å². The fraction of sp³-hybridized carbons (Fsp3) is 0.417. The molecule has 1 fully saturated rings. The van der Waals surface area contributed by atoms with Crippen LogP contribution in [-0.2, 0) is 5.41 Å². The molecule has 0 radical (unpaired) electrons. The lowest BCUT2D eigenvalue weighted by molar-refractivity contribution is 0.311. The van der Waals surface area contributed by atoms with Crippen molar-refractivity contribution in [3.8, 4) is 6.07 Å². The zero-order valence-corrected chi connectivity index (χ0v) is 8.18. The first-order valence-corrected chi connectivity index (χ1v) is 4.86. The molecule has 2 rings (SSSR count). The van der Waals surface area contributed by atoms with E-state index in [4.69, 9.17) is 5.26 Å². The molecule has 0 aromatic heterocycles. The summed E-state index contributed by atoms with van der Waals surface area (Å²) < 4.78 is 13.6. The summed E-state index contributed by atoms with van der Waals surface area (Å²) >= 11 is 0. The number of halogens is 1. The number of benzene rings is 1. The van der Waals surface area contributed by atoms with Crippen LogP contribution >= 0.6 is 0 Å². The van der Waals surface area contributed by atoms with E-state index in [2.05, 4.69) is 6.07 Å². The van der Waals surface area contributed by atoms with Gasteiger partial charge >= 0.3 is 0 Å². The minimum Gasteiger partial charge on any atom is -0.207 e. The van der Waals surface area contributed by atoms with Crippen molar-refractivity contribution >= 4 is 0 Å². The fourth-order valence-corrected chi connectivity index (χ4v) is 2.19. The first kappa shape index (κ1) is 9.21. The van der Waals surface area contributed by atoms with Crippen LogP contribution in [0, 0.1) is 24.1 Å². The molecule has 14 heavy (non-hydrogen) atoms. The molecular weight excluding hydrogens is 177 g/mol. The monoisotopic (exact) mass is 189 g/mol. The van der Waals surface area contributed by atoms with Gasteiger partial charge in [0, 0.05) is 5.56 Å². The van der Waals surface area contributed by atoms with Gasteiger partial charge in [-0.25, -0.2) is 4.39 Å². The van der Waals surface area contributed by atoms with Crippen LogP contribution in [-0.4, -0.2) is 0 Å². The van der Waals surface area contributed by atoms with E-state index >= 15 is 0 Å². The average molecular weight is 189 g/mol. The second-order valence-corrected chi connectivity index (χ2v) is 3.98. The minimum atomic E-state index is -0.532. The van der Waals surface area contributed by atoms with E-state index < -0.39 is 5.41 Å². The molecule has 1 aliphatic carbocycles. The quantitative estimate of drug-likeness (QED) is 0.666. The lowest BCUT2D eigenvalue weighted by Gasteiger charge is -2.36. The molecule has 0 spiro atoms. The second-order valence-electron chi connectivity index (χ2n) is 3.98. The Morgan fingerprint density at radius 2 is 2.14 bits per heavy atom. The van der Waals surface area contributed by atoms with E-state index in [1.54, 1.807) is 6.07 Å². The zero-order chi connectivity index (χ0) is 10.2. The van der Waals surface area contributed by atoms with Gasteiger partial charge in [-0.05, 0) is 37.8 Å². The Morgan fingerprint density at radius 1 is 1.43 bits per heavy atom. The predicted octanol–water partition coefficient (Wildman–Crippen LogP) is 3.08. The van der Waals surface area contributed by atoms with E-state index in [-0.39, 0.29) is 5.82 Å². The number of rotatable bonds is 1. The van der Waals surface area contributed by atoms with Crippen molar-refractivity contribution in [3.63, 3.8) is 0 Å². The second kappa shape index (κ2) is 3.09. The average Bonchev–Trinajstić information content (AvgIpc) is 2.08. The van der Waals surface area contributed by atoms with Crippen LogP contribution in [0.25, 0.3) is 0 Å². The summed E-state index contributed by atoms with van der Waals surface area (Å²) in [6.07, 6.45) is 2.62. The van der Waals surface area contributed by atoms with E-state index in [1.165, 1.54) is 6.07 Å². The first-order chi connectivity index (χ1) is 6.69. The third-order valence-corrected chi connectivity index (χ3v) is 3.12. The van der Waals surface area contributed by atoms with E-state index in [0.29, 0.717) is 5.56 Å². The molecule has 0 amide bonds. The van der Waals surface area contributed by atoms with Gasteiger partial charge in [-0.3, -0.25) is 0 Å². The standard InChI is InChI=1S/C12H12FN/c1-9-4-2-5-10(13)11(9)12(8-14)6-3-7-12/h2,4-5H,3,6-7H2,1H3. The molecular formula is C12H12FN. The van der Waals surface area contributed by atoms with Gasteiger partial charge in [0.05, 0.1) is 11.5 Å². The van der Waals surface area contributed by atoms with Gasteiger partial charge in [0.25, 0.3) is 0 Å². The highest BCUT2D eigenvalue weighted by Gasteiger charge is 2.41. The maximum atomic E-state index is 13.6. The van der Waals surface area contributed by atoms with Crippen molar-refractivity contribution in [3.05, 3.63) is 35.1 Å². The highest BCUT2D eigenvalue weighted by molar-refractivity contribution is 5.41. The molecule has 0 aliphatic heterocycles. The van der Waals surface area contributed by atoms with Gasteiger partial charge in [0.2, 0.25) is 0 Å². The molecule has 0 atom stereocenters. The summed E-state index contributed by atoms with van der Waals surface area (Å²) in [7, 11) is 0. The maximum Gasteiger partial charge on any atom is 0.128 e. The highest BCUT2D eigenvalue weighted by Crippen LogP contribution is 2.45. The van der Waals surface area contributed by atoms with Gasteiger partial charge in [-0.15, -0.1) is 0 Å². The van der Waals surface area contributed by atoms with Crippen LogP contribution in [0.1, 0.15) is 30.4 Å². The van der Waals surface area contributed by atoms with Crippen molar-refractivity contribution in [2.75, 3.05) is 0 Å². The van der Waals surface area contributed by atoms with Crippen molar-refractivity contribution in [1.82, 2.24) is 0 Å². The zero-order valence-electron chi connectivity index (χ0n) is 8.18. The van der Waals surface area contributed by atoms with Crippen molar-refractivity contribution in [2.45, 2.75) is 31.6 Å². The molecule has 0 unspecified atom stereocenters. The Hall–Kier alpha value is -1.36. The molecule has 0 saturated heterocycles. The first-order valence-electron chi connectivity index (χ1n) is 4.86. The largest absolute Gasteiger partial charge is 0.207 e. The molecule has 0 bridgehead atoms. The van der Waals surface area contributed by atoms with Gasteiger partial charge < -0.3 is 0 Å². The number of nitriles is 1. The van der Waals surface area contributed by atoms with E-state index in [1.807, 2.05) is 13.0 Å². The Morgan fingerprint density at radius 3 is 2.57 bits per heavy atom. The van der Waals surface area contributed by atoms with Crippen LogP contribution in [0.15, 0.2) is 18.2 Å². The summed E-state index contributed by atoms with van der Waals surface area (Å²) in [6, 6.07) is 7.28. The summed E-state index contributed by atoms with van der Waals surface area (Å²) in [4.78, 5) is 0. The number of hydrogen-bond acceptors (Lipinski definition) is 1. The number of aryl methyl sites for hydroxylation is 1. The van der Waals surface area contributed by atoms with E-state index in [0.717, 1.165) is 24.8 Å². The van der Waals surface area contributed by atoms with Gasteiger partial charge in [0.1, 0.15) is 5.82 Å². The molecule has 1 aliphatic rings. The third kappa shape index (κ3) is 1.13. The normalized spacial score (nSPS) is 18.4. The van der Waals surface area contributed by atoms with Crippen molar-refractivity contribution in [1.29, 1.82) is 5.26 Å². The summed E-state index contributed by atoms with van der Waals surface area (Å²) in [5, 5.41) is 9.12. The summed E-state index contributed by atoms with van der Waals surface area (Å²) in [5.41, 5.74) is 0.982. The smallest absolute Gasteiger partial charge is 0.128 e. The Balaban J connectivity index is 2.56. The molecule has 1 saturated carbocycles. The Kier molecular flexibility index (Phi) is 2.03. The van der Waals surface area contributed by atoms with Gasteiger partial charge in [-0.2, -0.15) is 5.26 Å². The third-order valence-electron chi connectivity index (χ3n) is 3.12. The minimum absolute atomic E-state index is 0.230. The molecule has 1 nitrogen and oxygen atoms in total. The fourth-order valence-electron chi connectivity index (χ4n) is 2.19.